The van der Waals surface area contributed by atoms with Crippen LogP contribution < -0.4 is 0 Å². The van der Waals surface area contributed by atoms with Crippen molar-refractivity contribution in [2.24, 2.45) is 0 Å². The van der Waals surface area contributed by atoms with E-state index in [0.29, 0.717) is 15.6 Å². The molecule has 0 bridgehead atoms. The molecule has 0 saturated carbocycles. The van der Waals surface area contributed by atoms with E-state index in [1.165, 1.54) is 0 Å². The lowest BCUT2D eigenvalue weighted by molar-refractivity contribution is 0.0573. The average Bonchev–Trinajstić information content (AvgIpc) is 2.54. The minimum atomic E-state index is -0.628. The molecule has 2 atom stereocenters. The van der Waals surface area contributed by atoms with Gasteiger partial charge < -0.3 is 10.0 Å². The summed E-state index contributed by atoms with van der Waals surface area (Å²) in [5, 5.41) is 11.6. The molecule has 1 saturated heterocycles. The summed E-state index contributed by atoms with van der Waals surface area (Å²) in [5.41, 5.74) is 0.710. The van der Waals surface area contributed by atoms with Crippen LogP contribution in [0.15, 0.2) is 18.2 Å². The molecule has 1 heterocycles. The molecule has 2 unspecified atom stereocenters. The van der Waals surface area contributed by atoms with Crippen LogP contribution in [0.4, 0.5) is 0 Å². The zero-order valence-electron chi connectivity index (χ0n) is 11.3. The van der Waals surface area contributed by atoms with Gasteiger partial charge in [0.05, 0.1) is 22.2 Å². The number of benzene rings is 1. The number of hydrogen-bond acceptors (Lipinski definition) is 3. The third-order valence-corrected chi connectivity index (χ3v) is 4.61. The maximum absolute atomic E-state index is 10.7. The van der Waals surface area contributed by atoms with Crippen LogP contribution >= 0.6 is 23.2 Å². The molecule has 1 aliphatic rings. The third-order valence-electron chi connectivity index (χ3n) is 3.78. The molecular weight excluding hydrogens is 283 g/mol. The summed E-state index contributed by atoms with van der Waals surface area (Å²) < 4.78 is 0. The number of hydrogen-bond donors (Lipinski definition) is 1. The van der Waals surface area contributed by atoms with Gasteiger partial charge in [0, 0.05) is 12.1 Å². The van der Waals surface area contributed by atoms with Gasteiger partial charge in [-0.3, -0.25) is 4.90 Å². The van der Waals surface area contributed by atoms with E-state index in [0.717, 1.165) is 26.1 Å². The van der Waals surface area contributed by atoms with Gasteiger partial charge in [0.2, 0.25) is 0 Å². The molecule has 0 aromatic heterocycles. The number of aliphatic hydroxyl groups is 1. The first-order valence-electron chi connectivity index (χ1n) is 6.51. The van der Waals surface area contributed by atoms with Crippen molar-refractivity contribution in [2.45, 2.75) is 18.6 Å². The highest BCUT2D eigenvalue weighted by Gasteiger charge is 2.29. The largest absolute Gasteiger partial charge is 0.387 e. The standard InChI is InChI=1S/C14H20Cl2N2O/c1-17-7-4-8-18(2)12(9-17)14(19)10-5-3-6-11(15)13(10)16/h3,5-6,12,14,19H,4,7-9H2,1-2H3. The fourth-order valence-corrected chi connectivity index (χ4v) is 3.02. The highest BCUT2D eigenvalue weighted by atomic mass is 35.5. The minimum absolute atomic E-state index is 0.0310. The van der Waals surface area contributed by atoms with Gasteiger partial charge in [-0.25, -0.2) is 0 Å². The molecule has 106 valence electrons. The fourth-order valence-electron chi connectivity index (χ4n) is 2.60. The average molecular weight is 303 g/mol. The molecule has 0 radical (unpaired) electrons. The van der Waals surface area contributed by atoms with Gasteiger partial charge in [0.1, 0.15) is 0 Å². The Balaban J connectivity index is 2.26. The van der Waals surface area contributed by atoms with Crippen LogP contribution in [0.1, 0.15) is 18.1 Å². The lowest BCUT2D eigenvalue weighted by Crippen LogP contribution is -2.42. The lowest BCUT2D eigenvalue weighted by Gasteiger charge is -2.32. The normalized spacial score (nSPS) is 24.2. The molecule has 0 aliphatic carbocycles. The Morgan fingerprint density at radius 1 is 1.26 bits per heavy atom. The van der Waals surface area contributed by atoms with E-state index in [-0.39, 0.29) is 6.04 Å². The van der Waals surface area contributed by atoms with E-state index in [9.17, 15) is 5.11 Å². The van der Waals surface area contributed by atoms with Crippen molar-refractivity contribution in [1.29, 1.82) is 0 Å². The quantitative estimate of drug-likeness (QED) is 0.910. The summed E-state index contributed by atoms with van der Waals surface area (Å²) in [7, 11) is 4.13. The molecule has 0 amide bonds. The molecular formula is C14H20Cl2N2O. The third kappa shape index (κ3) is 3.41. The second-order valence-electron chi connectivity index (χ2n) is 5.25. The van der Waals surface area contributed by atoms with E-state index < -0.39 is 6.10 Å². The second kappa shape index (κ2) is 6.42. The summed E-state index contributed by atoms with van der Waals surface area (Å²) in [6.07, 6.45) is 0.483. The predicted octanol–water partition coefficient (Wildman–Crippen LogP) is 2.66. The smallest absolute Gasteiger partial charge is 0.0972 e. The Bertz CT molecular complexity index is 441. The molecule has 1 N–H and O–H groups in total. The number of halogens is 2. The van der Waals surface area contributed by atoms with E-state index in [4.69, 9.17) is 23.2 Å². The molecule has 3 nitrogen and oxygen atoms in total. The highest BCUT2D eigenvalue weighted by molar-refractivity contribution is 6.42. The monoisotopic (exact) mass is 302 g/mol. The van der Waals surface area contributed by atoms with Crippen LogP contribution in [0.2, 0.25) is 10.0 Å². The number of aliphatic hydroxyl groups excluding tert-OH is 1. The van der Waals surface area contributed by atoms with Gasteiger partial charge in [0.15, 0.2) is 0 Å². The first-order chi connectivity index (χ1) is 9.00. The van der Waals surface area contributed by atoms with Gasteiger partial charge in [-0.2, -0.15) is 0 Å². The molecule has 1 fully saturated rings. The SMILES string of the molecule is CN1CCCN(C)C(C(O)c2cccc(Cl)c2Cl)C1. The van der Waals surface area contributed by atoms with Crippen molar-refractivity contribution in [1.82, 2.24) is 9.80 Å². The Hall–Kier alpha value is -0.320. The summed E-state index contributed by atoms with van der Waals surface area (Å²) >= 11 is 12.2. The highest BCUT2D eigenvalue weighted by Crippen LogP contribution is 2.33. The molecule has 0 spiro atoms. The minimum Gasteiger partial charge on any atom is -0.387 e. The van der Waals surface area contributed by atoms with Gasteiger partial charge >= 0.3 is 0 Å². The van der Waals surface area contributed by atoms with Gasteiger partial charge in [-0.05, 0) is 39.7 Å². The Morgan fingerprint density at radius 3 is 2.74 bits per heavy atom. The van der Waals surface area contributed by atoms with Crippen molar-refractivity contribution in [3.05, 3.63) is 33.8 Å². The van der Waals surface area contributed by atoms with Crippen LogP contribution in [-0.2, 0) is 0 Å². The van der Waals surface area contributed by atoms with Crippen molar-refractivity contribution in [3.63, 3.8) is 0 Å². The van der Waals surface area contributed by atoms with Gasteiger partial charge in [0.25, 0.3) is 0 Å². The van der Waals surface area contributed by atoms with Gasteiger partial charge in [-0.1, -0.05) is 35.3 Å². The maximum Gasteiger partial charge on any atom is 0.0972 e. The first-order valence-corrected chi connectivity index (χ1v) is 7.27. The molecule has 5 heteroatoms. The van der Waals surface area contributed by atoms with Crippen LogP contribution in [-0.4, -0.2) is 54.7 Å². The van der Waals surface area contributed by atoms with Crippen molar-refractivity contribution < 1.29 is 5.11 Å². The summed E-state index contributed by atoms with van der Waals surface area (Å²) in [5.74, 6) is 0. The summed E-state index contributed by atoms with van der Waals surface area (Å²) in [4.78, 5) is 4.45. The van der Waals surface area contributed by atoms with Crippen molar-refractivity contribution in [2.75, 3.05) is 33.7 Å². The molecule has 1 aliphatic heterocycles. The Kier molecular flexibility index (Phi) is 5.09. The van der Waals surface area contributed by atoms with Crippen LogP contribution in [0.25, 0.3) is 0 Å². The predicted molar refractivity (Wildman–Crippen MR) is 80.0 cm³/mol. The first kappa shape index (κ1) is 15.1. The molecule has 19 heavy (non-hydrogen) atoms. The van der Waals surface area contributed by atoms with E-state index in [2.05, 4.69) is 16.8 Å². The number of rotatable bonds is 2. The molecule has 1 aromatic rings. The lowest BCUT2D eigenvalue weighted by atomic mass is 10.0. The zero-order valence-corrected chi connectivity index (χ0v) is 12.8. The summed E-state index contributed by atoms with van der Waals surface area (Å²) in [6, 6.07) is 5.44. The van der Waals surface area contributed by atoms with Crippen LogP contribution in [0.5, 0.6) is 0 Å². The van der Waals surface area contributed by atoms with Crippen molar-refractivity contribution in [3.8, 4) is 0 Å². The number of nitrogens with zero attached hydrogens (tertiary/aromatic N) is 2. The number of likely N-dealkylation sites (N-methyl/N-ethyl adjacent to an activating group) is 2. The maximum atomic E-state index is 10.7. The summed E-state index contributed by atoms with van der Waals surface area (Å²) in [6.45, 7) is 2.85. The van der Waals surface area contributed by atoms with Crippen molar-refractivity contribution >= 4 is 23.2 Å². The molecule has 2 rings (SSSR count). The van der Waals surface area contributed by atoms with Crippen LogP contribution in [0, 0.1) is 0 Å². The zero-order chi connectivity index (χ0) is 14.0. The Labute approximate surface area is 124 Å². The van der Waals surface area contributed by atoms with Crippen LogP contribution in [0.3, 0.4) is 0 Å². The van der Waals surface area contributed by atoms with Gasteiger partial charge in [-0.15, -0.1) is 0 Å². The van der Waals surface area contributed by atoms with E-state index >= 15 is 0 Å². The van der Waals surface area contributed by atoms with E-state index in [1.807, 2.05) is 19.2 Å². The second-order valence-corrected chi connectivity index (χ2v) is 6.04. The Morgan fingerprint density at radius 2 is 2.00 bits per heavy atom. The fraction of sp³-hybridized carbons (Fsp3) is 0.571. The van der Waals surface area contributed by atoms with E-state index in [1.54, 1.807) is 6.07 Å². The molecule has 1 aromatic carbocycles. The topological polar surface area (TPSA) is 26.7 Å².